The number of hydrogen-bond donors (Lipinski definition) is 1. The molecule has 0 radical (unpaired) electrons. The zero-order valence-electron chi connectivity index (χ0n) is 16.6. The number of rotatable bonds is 6. The molecule has 5 heteroatoms. The van der Waals surface area contributed by atoms with E-state index in [-0.39, 0.29) is 11.9 Å². The minimum Gasteiger partial charge on any atom is -0.457 e. The molecule has 28 heavy (non-hydrogen) atoms. The Morgan fingerprint density at radius 2 is 1.64 bits per heavy atom. The Hall–Kier alpha value is -2.82. The minimum absolute atomic E-state index is 0.0899. The normalized spacial score (nSPS) is 15.5. The molecule has 0 saturated heterocycles. The second-order valence-corrected chi connectivity index (χ2v) is 7.27. The minimum atomic E-state index is -0.554. The van der Waals surface area contributed by atoms with Crippen LogP contribution in [0.3, 0.4) is 0 Å². The van der Waals surface area contributed by atoms with Crippen molar-refractivity contribution in [1.29, 1.82) is 0 Å². The number of para-hydroxylation sites is 2. The standard InChI is InChI=1S/C23H28N2O3/c1-3-9-16(10-4-2)22(26)28-21-15-17-11-5-7-13-19(17)25(23(24)27)20-14-8-6-12-18(20)21/h5-8,11-14,16,21H,3-4,9-10,15H2,1-2H3,(H2,24,27)/t21-/m0/s1. The van der Waals surface area contributed by atoms with Gasteiger partial charge in [0.05, 0.1) is 17.3 Å². The average molecular weight is 380 g/mol. The molecule has 1 aliphatic heterocycles. The molecule has 0 unspecified atom stereocenters. The lowest BCUT2D eigenvalue weighted by molar-refractivity contribution is -0.155. The fraction of sp³-hybridized carbons (Fsp3) is 0.391. The lowest BCUT2D eigenvalue weighted by atomic mass is 9.97. The van der Waals surface area contributed by atoms with Crippen LogP contribution in [0.5, 0.6) is 0 Å². The van der Waals surface area contributed by atoms with E-state index in [0.717, 1.165) is 42.5 Å². The zero-order chi connectivity index (χ0) is 20.1. The van der Waals surface area contributed by atoms with Crippen molar-refractivity contribution in [1.82, 2.24) is 0 Å². The summed E-state index contributed by atoms with van der Waals surface area (Å²) in [6, 6.07) is 14.6. The van der Waals surface area contributed by atoms with E-state index in [2.05, 4.69) is 13.8 Å². The largest absolute Gasteiger partial charge is 0.457 e. The van der Waals surface area contributed by atoms with E-state index in [1.165, 1.54) is 4.90 Å². The number of anilines is 2. The predicted octanol–water partition coefficient (Wildman–Crippen LogP) is 5.26. The molecule has 1 heterocycles. The molecule has 2 aromatic rings. The summed E-state index contributed by atoms with van der Waals surface area (Å²) in [5.74, 6) is -0.249. The summed E-state index contributed by atoms with van der Waals surface area (Å²) in [4.78, 5) is 26.7. The van der Waals surface area contributed by atoms with E-state index in [1.807, 2.05) is 48.5 Å². The van der Waals surface area contributed by atoms with Crippen molar-refractivity contribution in [3.05, 3.63) is 59.7 Å². The monoisotopic (exact) mass is 380 g/mol. The van der Waals surface area contributed by atoms with Crippen molar-refractivity contribution >= 4 is 23.4 Å². The highest BCUT2D eigenvalue weighted by atomic mass is 16.5. The highest BCUT2D eigenvalue weighted by Gasteiger charge is 2.32. The van der Waals surface area contributed by atoms with Crippen molar-refractivity contribution in [3.8, 4) is 0 Å². The first-order chi connectivity index (χ1) is 13.6. The Morgan fingerprint density at radius 1 is 1.04 bits per heavy atom. The molecule has 2 aromatic carbocycles. The van der Waals surface area contributed by atoms with Crippen LogP contribution in [-0.4, -0.2) is 12.0 Å². The summed E-state index contributed by atoms with van der Waals surface area (Å²) in [5, 5.41) is 0. The van der Waals surface area contributed by atoms with Gasteiger partial charge in [-0.2, -0.15) is 0 Å². The van der Waals surface area contributed by atoms with E-state index < -0.39 is 12.1 Å². The number of benzene rings is 2. The summed E-state index contributed by atoms with van der Waals surface area (Å²) in [7, 11) is 0. The van der Waals surface area contributed by atoms with Crippen LogP contribution in [0.2, 0.25) is 0 Å². The van der Waals surface area contributed by atoms with Crippen LogP contribution in [0.25, 0.3) is 0 Å². The van der Waals surface area contributed by atoms with Gasteiger partial charge in [-0.05, 0) is 30.5 Å². The third kappa shape index (κ3) is 4.03. The lowest BCUT2D eigenvalue weighted by Crippen LogP contribution is -2.32. The maximum Gasteiger partial charge on any atom is 0.323 e. The maximum absolute atomic E-state index is 12.9. The Labute approximate surface area is 166 Å². The van der Waals surface area contributed by atoms with Gasteiger partial charge < -0.3 is 10.5 Å². The molecular weight excluding hydrogens is 352 g/mol. The van der Waals surface area contributed by atoms with E-state index in [0.29, 0.717) is 12.1 Å². The zero-order valence-corrected chi connectivity index (χ0v) is 16.6. The fourth-order valence-electron chi connectivity index (χ4n) is 3.96. The molecule has 1 aliphatic rings. The van der Waals surface area contributed by atoms with Crippen molar-refractivity contribution in [2.24, 2.45) is 11.7 Å². The fourth-order valence-corrected chi connectivity index (χ4v) is 3.96. The van der Waals surface area contributed by atoms with Gasteiger partial charge in [-0.15, -0.1) is 0 Å². The van der Waals surface area contributed by atoms with Gasteiger partial charge in [-0.25, -0.2) is 4.79 Å². The molecule has 2 N–H and O–H groups in total. The van der Waals surface area contributed by atoms with E-state index in [4.69, 9.17) is 10.5 Å². The highest BCUT2D eigenvalue weighted by molar-refractivity contribution is 6.00. The number of urea groups is 1. The molecule has 0 aromatic heterocycles. The van der Waals surface area contributed by atoms with Gasteiger partial charge in [0, 0.05) is 12.0 Å². The van der Waals surface area contributed by atoms with Crippen LogP contribution in [0.4, 0.5) is 16.2 Å². The van der Waals surface area contributed by atoms with Crippen LogP contribution in [0.1, 0.15) is 56.8 Å². The number of amides is 2. The Balaban J connectivity index is 2.01. The van der Waals surface area contributed by atoms with E-state index in [1.54, 1.807) is 0 Å². The van der Waals surface area contributed by atoms with Gasteiger partial charge in [0.15, 0.2) is 0 Å². The molecule has 148 valence electrons. The number of esters is 1. The highest BCUT2D eigenvalue weighted by Crippen LogP contribution is 2.41. The Morgan fingerprint density at radius 3 is 2.29 bits per heavy atom. The van der Waals surface area contributed by atoms with Crippen LogP contribution < -0.4 is 10.6 Å². The third-order valence-corrected chi connectivity index (χ3v) is 5.25. The smallest absolute Gasteiger partial charge is 0.323 e. The third-order valence-electron chi connectivity index (χ3n) is 5.25. The number of fused-ring (bicyclic) bond motifs is 2. The second kappa shape index (κ2) is 8.91. The first kappa shape index (κ1) is 19.9. The van der Waals surface area contributed by atoms with Gasteiger partial charge in [0.25, 0.3) is 0 Å². The van der Waals surface area contributed by atoms with Crippen molar-refractivity contribution in [2.75, 3.05) is 4.90 Å². The summed E-state index contributed by atoms with van der Waals surface area (Å²) < 4.78 is 6.03. The van der Waals surface area contributed by atoms with Gasteiger partial charge in [-0.1, -0.05) is 63.1 Å². The van der Waals surface area contributed by atoms with Crippen LogP contribution in [0, 0.1) is 5.92 Å². The molecule has 0 bridgehead atoms. The number of hydrogen-bond acceptors (Lipinski definition) is 3. The number of carbonyl (C=O) groups is 2. The van der Waals surface area contributed by atoms with Gasteiger partial charge in [0.2, 0.25) is 0 Å². The number of primary amides is 1. The topological polar surface area (TPSA) is 72.6 Å². The first-order valence-corrected chi connectivity index (χ1v) is 10.0. The maximum atomic E-state index is 12.9. The number of carbonyl (C=O) groups excluding carboxylic acids is 2. The molecular formula is C23H28N2O3. The van der Waals surface area contributed by atoms with Crippen molar-refractivity contribution < 1.29 is 14.3 Å². The molecule has 0 aliphatic carbocycles. The van der Waals surface area contributed by atoms with E-state index >= 15 is 0 Å². The molecule has 1 atom stereocenters. The predicted molar refractivity (Wildman–Crippen MR) is 110 cm³/mol. The van der Waals surface area contributed by atoms with Crippen LogP contribution >= 0.6 is 0 Å². The van der Waals surface area contributed by atoms with Crippen molar-refractivity contribution in [2.45, 2.75) is 52.1 Å². The van der Waals surface area contributed by atoms with Crippen LogP contribution in [0.15, 0.2) is 48.5 Å². The second-order valence-electron chi connectivity index (χ2n) is 7.27. The van der Waals surface area contributed by atoms with Crippen molar-refractivity contribution in [3.63, 3.8) is 0 Å². The lowest BCUT2D eigenvalue weighted by Gasteiger charge is -2.24. The summed E-state index contributed by atoms with van der Waals surface area (Å²) in [5.41, 5.74) is 8.85. The Kier molecular flexibility index (Phi) is 6.34. The molecule has 0 saturated carbocycles. The number of nitrogens with two attached hydrogens (primary N) is 1. The molecule has 0 spiro atoms. The van der Waals surface area contributed by atoms with Gasteiger partial charge in [-0.3, -0.25) is 9.69 Å². The molecule has 0 fully saturated rings. The Bertz CT molecular complexity index is 843. The quantitative estimate of drug-likeness (QED) is 0.695. The molecule has 5 nitrogen and oxygen atoms in total. The van der Waals surface area contributed by atoms with Crippen LogP contribution in [-0.2, 0) is 16.0 Å². The molecule has 2 amide bonds. The summed E-state index contributed by atoms with van der Waals surface area (Å²) in [6.45, 7) is 4.16. The van der Waals surface area contributed by atoms with Gasteiger partial charge in [0.1, 0.15) is 6.10 Å². The average Bonchev–Trinajstić information content (AvgIpc) is 2.82. The van der Waals surface area contributed by atoms with E-state index in [9.17, 15) is 9.59 Å². The summed E-state index contributed by atoms with van der Waals surface area (Å²) in [6.07, 6.45) is 3.59. The first-order valence-electron chi connectivity index (χ1n) is 10.0. The SMILES string of the molecule is CCCC(CCC)C(=O)O[C@H]1Cc2ccccc2N(C(N)=O)c2ccccc21. The number of ether oxygens (including phenoxy) is 1. The van der Waals surface area contributed by atoms with Gasteiger partial charge >= 0.3 is 12.0 Å². The molecule has 3 rings (SSSR count). The summed E-state index contributed by atoms with van der Waals surface area (Å²) >= 11 is 0. The number of nitrogens with zero attached hydrogens (tertiary/aromatic N) is 1.